The molecule has 0 unspecified atom stereocenters. The van der Waals surface area contributed by atoms with Gasteiger partial charge in [0.25, 0.3) is 0 Å². The molecule has 19 heavy (non-hydrogen) atoms. The van der Waals surface area contributed by atoms with E-state index in [0.29, 0.717) is 12.3 Å². The Bertz CT molecular complexity index is 568. The van der Waals surface area contributed by atoms with E-state index < -0.39 is 0 Å². The molecule has 0 fully saturated rings. The maximum absolute atomic E-state index is 13.3. The van der Waals surface area contributed by atoms with Gasteiger partial charge < -0.3 is 10.0 Å². The fraction of sp³-hybridized carbons (Fsp3) is 0.250. The van der Waals surface area contributed by atoms with Gasteiger partial charge in [0.2, 0.25) is 0 Å². The number of nitrogens with zero attached hydrogens (tertiary/aromatic N) is 1. The SMILES string of the molecule is CCN(Cc1cccc(C)c1O)c1cccc(F)c1. The second-order valence-electron chi connectivity index (χ2n) is 4.58. The van der Waals surface area contributed by atoms with Gasteiger partial charge >= 0.3 is 0 Å². The molecule has 1 N–H and O–H groups in total. The average Bonchev–Trinajstić information content (AvgIpc) is 2.40. The highest BCUT2D eigenvalue weighted by Gasteiger charge is 2.10. The van der Waals surface area contributed by atoms with Crippen LogP contribution in [0.25, 0.3) is 0 Å². The zero-order valence-corrected chi connectivity index (χ0v) is 11.2. The summed E-state index contributed by atoms with van der Waals surface area (Å²) in [6.45, 7) is 5.19. The zero-order valence-electron chi connectivity index (χ0n) is 11.2. The molecule has 0 spiro atoms. The molecule has 0 aliphatic heterocycles. The third kappa shape index (κ3) is 3.05. The monoisotopic (exact) mass is 259 g/mol. The number of hydrogen-bond acceptors (Lipinski definition) is 2. The number of phenols is 1. The Balaban J connectivity index is 2.26. The van der Waals surface area contributed by atoms with Crippen LogP contribution in [0.5, 0.6) is 5.75 Å². The van der Waals surface area contributed by atoms with E-state index in [1.165, 1.54) is 12.1 Å². The van der Waals surface area contributed by atoms with E-state index in [-0.39, 0.29) is 5.82 Å². The summed E-state index contributed by atoms with van der Waals surface area (Å²) in [6, 6.07) is 12.2. The molecule has 0 amide bonds. The van der Waals surface area contributed by atoms with Crippen LogP contribution in [0, 0.1) is 12.7 Å². The first kappa shape index (κ1) is 13.4. The number of aromatic hydroxyl groups is 1. The fourth-order valence-electron chi connectivity index (χ4n) is 2.11. The minimum Gasteiger partial charge on any atom is -0.507 e. The predicted molar refractivity (Wildman–Crippen MR) is 76.0 cm³/mol. The Morgan fingerprint density at radius 2 is 1.89 bits per heavy atom. The molecule has 2 aromatic carbocycles. The highest BCUT2D eigenvalue weighted by Crippen LogP contribution is 2.25. The largest absolute Gasteiger partial charge is 0.507 e. The minimum atomic E-state index is -0.246. The van der Waals surface area contributed by atoms with Crippen molar-refractivity contribution in [2.75, 3.05) is 11.4 Å². The van der Waals surface area contributed by atoms with E-state index in [4.69, 9.17) is 0 Å². The number of para-hydroxylation sites is 1. The van der Waals surface area contributed by atoms with E-state index in [2.05, 4.69) is 0 Å². The van der Waals surface area contributed by atoms with Crippen molar-refractivity contribution >= 4 is 5.69 Å². The quantitative estimate of drug-likeness (QED) is 0.901. The third-order valence-corrected chi connectivity index (χ3v) is 3.24. The van der Waals surface area contributed by atoms with E-state index >= 15 is 0 Å². The Hall–Kier alpha value is -2.03. The molecule has 0 atom stereocenters. The molecule has 0 heterocycles. The number of halogens is 1. The molecule has 0 bridgehead atoms. The molecule has 100 valence electrons. The number of benzene rings is 2. The average molecular weight is 259 g/mol. The van der Waals surface area contributed by atoms with Gasteiger partial charge in [-0.1, -0.05) is 24.3 Å². The molecule has 2 aromatic rings. The van der Waals surface area contributed by atoms with Crippen molar-refractivity contribution in [3.8, 4) is 5.75 Å². The molecular formula is C16H18FNO. The lowest BCUT2D eigenvalue weighted by atomic mass is 10.1. The summed E-state index contributed by atoms with van der Waals surface area (Å²) in [5.74, 6) is 0.0711. The van der Waals surface area contributed by atoms with Crippen LogP contribution in [0.4, 0.5) is 10.1 Å². The number of hydrogen-bond donors (Lipinski definition) is 1. The van der Waals surface area contributed by atoms with Crippen LogP contribution in [0.2, 0.25) is 0 Å². The van der Waals surface area contributed by atoms with Gasteiger partial charge in [-0.15, -0.1) is 0 Å². The topological polar surface area (TPSA) is 23.5 Å². The summed E-state index contributed by atoms with van der Waals surface area (Å²) < 4.78 is 13.3. The molecule has 0 radical (unpaired) electrons. The van der Waals surface area contributed by atoms with Crippen LogP contribution in [-0.4, -0.2) is 11.7 Å². The Morgan fingerprint density at radius 1 is 1.16 bits per heavy atom. The third-order valence-electron chi connectivity index (χ3n) is 3.24. The summed E-state index contributed by atoms with van der Waals surface area (Å²) in [6.07, 6.45) is 0. The first-order valence-corrected chi connectivity index (χ1v) is 6.39. The number of phenolic OH excluding ortho intramolecular Hbond substituents is 1. The van der Waals surface area contributed by atoms with E-state index in [1.54, 1.807) is 6.07 Å². The van der Waals surface area contributed by atoms with Gasteiger partial charge in [0.15, 0.2) is 0 Å². The highest BCUT2D eigenvalue weighted by atomic mass is 19.1. The fourth-order valence-corrected chi connectivity index (χ4v) is 2.11. The maximum atomic E-state index is 13.3. The first-order valence-electron chi connectivity index (χ1n) is 6.39. The second kappa shape index (κ2) is 5.74. The molecule has 0 aliphatic rings. The summed E-state index contributed by atoms with van der Waals surface area (Å²) in [7, 11) is 0. The van der Waals surface area contributed by atoms with Crippen molar-refractivity contribution in [2.24, 2.45) is 0 Å². The Morgan fingerprint density at radius 3 is 2.58 bits per heavy atom. The van der Waals surface area contributed by atoms with Gasteiger partial charge in [0.05, 0.1) is 0 Å². The van der Waals surface area contributed by atoms with Gasteiger partial charge in [0, 0.05) is 24.3 Å². The number of aryl methyl sites for hydroxylation is 1. The lowest BCUT2D eigenvalue weighted by Gasteiger charge is -2.24. The summed E-state index contributed by atoms with van der Waals surface area (Å²) >= 11 is 0. The normalized spacial score (nSPS) is 10.5. The van der Waals surface area contributed by atoms with Gasteiger partial charge in [-0.3, -0.25) is 0 Å². The van der Waals surface area contributed by atoms with E-state index in [1.807, 2.05) is 43.0 Å². The van der Waals surface area contributed by atoms with E-state index in [9.17, 15) is 9.50 Å². The lowest BCUT2D eigenvalue weighted by Crippen LogP contribution is -2.22. The first-order chi connectivity index (χ1) is 9.11. The summed E-state index contributed by atoms with van der Waals surface area (Å²) in [4.78, 5) is 2.03. The summed E-state index contributed by atoms with van der Waals surface area (Å²) in [5, 5.41) is 10.0. The van der Waals surface area contributed by atoms with Crippen molar-refractivity contribution in [2.45, 2.75) is 20.4 Å². The maximum Gasteiger partial charge on any atom is 0.125 e. The van der Waals surface area contributed by atoms with Crippen molar-refractivity contribution in [1.82, 2.24) is 0 Å². The van der Waals surface area contributed by atoms with Crippen LogP contribution in [0.3, 0.4) is 0 Å². The highest BCUT2D eigenvalue weighted by molar-refractivity contribution is 5.49. The molecule has 0 saturated carbocycles. The van der Waals surface area contributed by atoms with Crippen molar-refractivity contribution in [3.05, 3.63) is 59.4 Å². The smallest absolute Gasteiger partial charge is 0.125 e. The molecule has 0 aromatic heterocycles. The van der Waals surface area contributed by atoms with Gasteiger partial charge in [-0.05, 0) is 37.6 Å². The van der Waals surface area contributed by atoms with Crippen molar-refractivity contribution < 1.29 is 9.50 Å². The standard InChI is InChI=1S/C16H18FNO/c1-3-18(15-9-5-8-14(17)10-15)11-13-7-4-6-12(2)16(13)19/h4-10,19H,3,11H2,1-2H3. The lowest BCUT2D eigenvalue weighted by molar-refractivity contribution is 0.463. The summed E-state index contributed by atoms with van der Waals surface area (Å²) in [5.41, 5.74) is 2.53. The predicted octanol–water partition coefficient (Wildman–Crippen LogP) is 3.87. The Kier molecular flexibility index (Phi) is 4.05. The van der Waals surface area contributed by atoms with Crippen LogP contribution >= 0.6 is 0 Å². The molecule has 3 heteroatoms. The van der Waals surface area contributed by atoms with Gasteiger partial charge in [-0.25, -0.2) is 4.39 Å². The van der Waals surface area contributed by atoms with Crippen LogP contribution < -0.4 is 4.90 Å². The number of rotatable bonds is 4. The molecule has 0 aliphatic carbocycles. The second-order valence-corrected chi connectivity index (χ2v) is 4.58. The van der Waals surface area contributed by atoms with Crippen molar-refractivity contribution in [1.29, 1.82) is 0 Å². The Labute approximate surface area is 113 Å². The zero-order chi connectivity index (χ0) is 13.8. The van der Waals surface area contributed by atoms with E-state index in [0.717, 1.165) is 23.4 Å². The number of anilines is 1. The van der Waals surface area contributed by atoms with Crippen LogP contribution in [0.15, 0.2) is 42.5 Å². The van der Waals surface area contributed by atoms with Gasteiger partial charge in [-0.2, -0.15) is 0 Å². The molecule has 0 saturated heterocycles. The van der Waals surface area contributed by atoms with Crippen LogP contribution in [0.1, 0.15) is 18.1 Å². The molecule has 2 nitrogen and oxygen atoms in total. The van der Waals surface area contributed by atoms with Crippen molar-refractivity contribution in [3.63, 3.8) is 0 Å². The molecule has 2 rings (SSSR count). The van der Waals surface area contributed by atoms with Crippen LogP contribution in [-0.2, 0) is 6.54 Å². The van der Waals surface area contributed by atoms with Gasteiger partial charge in [0.1, 0.15) is 11.6 Å². The molecular weight excluding hydrogens is 241 g/mol. The minimum absolute atomic E-state index is 0.246.